The summed E-state index contributed by atoms with van der Waals surface area (Å²) >= 11 is 5.85. The minimum absolute atomic E-state index is 0.776. The van der Waals surface area contributed by atoms with Gasteiger partial charge in [0.1, 0.15) is 5.76 Å². The lowest BCUT2D eigenvalue weighted by Gasteiger charge is -2.13. The smallest absolute Gasteiger partial charge is 0.210 e. The van der Waals surface area contributed by atoms with E-state index in [-0.39, 0.29) is 0 Å². The van der Waals surface area contributed by atoms with Crippen LogP contribution in [0.25, 0.3) is 0 Å². The Hall–Kier alpha value is -0.820. The molecule has 1 aromatic heterocycles. The predicted octanol–water partition coefficient (Wildman–Crippen LogP) is 5.00. The van der Waals surface area contributed by atoms with E-state index in [0.717, 1.165) is 38.5 Å². The van der Waals surface area contributed by atoms with Crippen LogP contribution >= 0.6 is 38.5 Å². The van der Waals surface area contributed by atoms with Gasteiger partial charge in [0.05, 0.1) is 16.4 Å². The number of hydrogen-bond acceptors (Lipinski definition) is 3. The molecule has 0 unspecified atom stereocenters. The molecular weight excluding hydrogens is 431 g/mol. The number of anilines is 1. The van der Waals surface area contributed by atoms with Crippen molar-refractivity contribution in [2.75, 3.05) is 18.0 Å². The zero-order valence-corrected chi connectivity index (χ0v) is 14.6. The second-order valence-corrected chi connectivity index (χ2v) is 6.72. The molecule has 104 valence electrons. The molecule has 0 atom stereocenters. The molecule has 0 bridgehead atoms. The van der Waals surface area contributed by atoms with Crippen molar-refractivity contribution in [3.05, 3.63) is 44.1 Å². The number of aliphatic imine (C=N–C) groups is 1. The van der Waals surface area contributed by atoms with Crippen LogP contribution in [0.1, 0.15) is 18.6 Å². The van der Waals surface area contributed by atoms with Crippen molar-refractivity contribution < 1.29 is 4.42 Å². The van der Waals surface area contributed by atoms with E-state index in [1.54, 1.807) is 6.21 Å². The average molecular weight is 445 g/mol. The Morgan fingerprint density at radius 3 is 2.75 bits per heavy atom. The van der Waals surface area contributed by atoms with Crippen molar-refractivity contribution in [1.29, 1.82) is 0 Å². The first-order chi connectivity index (χ1) is 9.74. The van der Waals surface area contributed by atoms with Gasteiger partial charge in [-0.25, -0.2) is 0 Å². The third-order valence-electron chi connectivity index (χ3n) is 3.26. The number of para-hydroxylation sites is 1. The molecule has 2 heterocycles. The Bertz CT molecular complexity index is 633. The second-order valence-electron chi connectivity index (χ2n) is 4.71. The summed E-state index contributed by atoms with van der Waals surface area (Å²) in [6.07, 6.45) is 4.25. The summed E-state index contributed by atoms with van der Waals surface area (Å²) in [5.74, 6) is 1.70. The zero-order valence-electron chi connectivity index (χ0n) is 10.9. The van der Waals surface area contributed by atoms with Gasteiger partial charge in [0.2, 0.25) is 5.88 Å². The lowest BCUT2D eigenvalue weighted by molar-refractivity contribution is 0.549. The number of nitrogens with zero attached hydrogens (tertiary/aromatic N) is 2. The summed E-state index contributed by atoms with van der Waals surface area (Å²) in [7, 11) is 0. The molecule has 1 saturated heterocycles. The van der Waals surface area contributed by atoms with Gasteiger partial charge in [-0.3, -0.25) is 4.99 Å². The molecule has 1 aliphatic heterocycles. The fraction of sp³-hybridized carbons (Fsp3) is 0.267. The Balaban J connectivity index is 1.81. The quantitative estimate of drug-likeness (QED) is 0.492. The van der Waals surface area contributed by atoms with Crippen LogP contribution in [-0.2, 0) is 0 Å². The molecule has 3 rings (SSSR count). The summed E-state index contributed by atoms with van der Waals surface area (Å²) in [5, 5.41) is 0. The van der Waals surface area contributed by atoms with Crippen molar-refractivity contribution in [2.24, 2.45) is 4.99 Å². The van der Waals surface area contributed by atoms with Crippen molar-refractivity contribution in [3.8, 4) is 0 Å². The van der Waals surface area contributed by atoms with E-state index in [1.165, 1.54) is 12.8 Å². The lowest BCUT2D eigenvalue weighted by atomic mass is 10.3. The highest BCUT2D eigenvalue weighted by Gasteiger charge is 2.19. The van der Waals surface area contributed by atoms with Gasteiger partial charge in [-0.05, 0) is 63.5 Å². The highest BCUT2D eigenvalue weighted by molar-refractivity contribution is 14.1. The largest absolute Gasteiger partial charge is 0.438 e. The number of benzene rings is 1. The Labute approximate surface area is 140 Å². The minimum atomic E-state index is 0.776. The van der Waals surface area contributed by atoms with Crippen molar-refractivity contribution in [1.82, 2.24) is 0 Å². The second kappa shape index (κ2) is 6.30. The number of furan rings is 1. The highest BCUT2D eigenvalue weighted by Crippen LogP contribution is 2.32. The third kappa shape index (κ3) is 3.09. The maximum atomic E-state index is 5.89. The fourth-order valence-corrected chi connectivity index (χ4v) is 3.35. The van der Waals surface area contributed by atoms with Gasteiger partial charge < -0.3 is 9.32 Å². The molecule has 1 fully saturated rings. The molecule has 0 radical (unpaired) electrons. The summed E-state index contributed by atoms with van der Waals surface area (Å²) in [6, 6.07) is 10.0. The molecule has 5 heteroatoms. The van der Waals surface area contributed by atoms with Crippen molar-refractivity contribution in [3.63, 3.8) is 0 Å². The Morgan fingerprint density at radius 1 is 1.25 bits per heavy atom. The number of rotatable bonds is 3. The van der Waals surface area contributed by atoms with Crippen LogP contribution in [0.2, 0.25) is 0 Å². The molecule has 20 heavy (non-hydrogen) atoms. The standard InChI is InChI=1S/C15H14BrIN2O/c16-12-9-11(20-15(12)19-7-3-4-8-19)10-18-14-6-2-1-5-13(14)17/h1-2,5-6,9-10H,3-4,7-8H2. The molecule has 0 saturated carbocycles. The SMILES string of the molecule is Brc1cc(C=Nc2ccccc2I)oc1N1CCCC1. The molecule has 0 amide bonds. The van der Waals surface area contributed by atoms with E-state index in [9.17, 15) is 0 Å². The van der Waals surface area contributed by atoms with Gasteiger partial charge in [-0.2, -0.15) is 0 Å². The zero-order chi connectivity index (χ0) is 13.9. The highest BCUT2D eigenvalue weighted by atomic mass is 127. The van der Waals surface area contributed by atoms with Crippen molar-refractivity contribution in [2.45, 2.75) is 12.8 Å². The van der Waals surface area contributed by atoms with Gasteiger partial charge in [0, 0.05) is 22.7 Å². The van der Waals surface area contributed by atoms with Gasteiger partial charge in [0.15, 0.2) is 0 Å². The minimum Gasteiger partial charge on any atom is -0.438 e. The van der Waals surface area contributed by atoms with Gasteiger partial charge in [0.25, 0.3) is 0 Å². The monoisotopic (exact) mass is 444 g/mol. The molecule has 0 spiro atoms. The number of halogens is 2. The maximum absolute atomic E-state index is 5.89. The maximum Gasteiger partial charge on any atom is 0.210 e. The summed E-state index contributed by atoms with van der Waals surface area (Å²) in [6.45, 7) is 2.14. The molecule has 0 N–H and O–H groups in total. The first-order valence-electron chi connectivity index (χ1n) is 6.57. The van der Waals surface area contributed by atoms with Gasteiger partial charge in [-0.1, -0.05) is 12.1 Å². The topological polar surface area (TPSA) is 28.7 Å². The van der Waals surface area contributed by atoms with E-state index in [4.69, 9.17) is 4.42 Å². The third-order valence-corrected chi connectivity index (χ3v) is 4.74. The van der Waals surface area contributed by atoms with E-state index in [1.807, 2.05) is 30.3 Å². The average Bonchev–Trinajstić information content (AvgIpc) is 3.07. The Morgan fingerprint density at radius 2 is 2.00 bits per heavy atom. The summed E-state index contributed by atoms with van der Waals surface area (Å²) in [4.78, 5) is 6.76. The van der Waals surface area contributed by atoms with E-state index in [0.29, 0.717) is 0 Å². The number of hydrogen-bond donors (Lipinski definition) is 0. The molecule has 2 aromatic rings. The molecule has 3 nitrogen and oxygen atoms in total. The molecular formula is C15H14BrIN2O. The molecule has 0 aliphatic carbocycles. The molecule has 1 aromatic carbocycles. The van der Waals surface area contributed by atoms with Gasteiger partial charge in [-0.15, -0.1) is 0 Å². The van der Waals surface area contributed by atoms with Crippen LogP contribution in [0.15, 0.2) is 44.2 Å². The predicted molar refractivity (Wildman–Crippen MR) is 94.3 cm³/mol. The lowest BCUT2D eigenvalue weighted by Crippen LogP contribution is -2.17. The summed E-state index contributed by atoms with van der Waals surface area (Å²) in [5.41, 5.74) is 0.961. The van der Waals surface area contributed by atoms with Crippen LogP contribution in [0.4, 0.5) is 11.6 Å². The van der Waals surface area contributed by atoms with E-state index < -0.39 is 0 Å². The Kier molecular flexibility index (Phi) is 4.45. The van der Waals surface area contributed by atoms with Crippen molar-refractivity contribution >= 4 is 56.3 Å². The normalized spacial score (nSPS) is 15.4. The van der Waals surface area contributed by atoms with Crippen LogP contribution in [0, 0.1) is 3.57 Å². The van der Waals surface area contributed by atoms with Crippen LogP contribution in [0.5, 0.6) is 0 Å². The molecule has 1 aliphatic rings. The van der Waals surface area contributed by atoms with E-state index >= 15 is 0 Å². The first-order valence-corrected chi connectivity index (χ1v) is 8.44. The fourth-order valence-electron chi connectivity index (χ4n) is 2.27. The van der Waals surface area contributed by atoms with Crippen LogP contribution < -0.4 is 4.90 Å². The van der Waals surface area contributed by atoms with Crippen LogP contribution in [0.3, 0.4) is 0 Å². The van der Waals surface area contributed by atoms with Gasteiger partial charge >= 0.3 is 0 Å². The van der Waals surface area contributed by atoms with Crippen LogP contribution in [-0.4, -0.2) is 19.3 Å². The first kappa shape index (κ1) is 14.1. The summed E-state index contributed by atoms with van der Waals surface area (Å²) < 4.78 is 8.02. The van der Waals surface area contributed by atoms with E-state index in [2.05, 4.69) is 48.4 Å².